The lowest BCUT2D eigenvalue weighted by Gasteiger charge is -2.36. The van der Waals surface area contributed by atoms with Gasteiger partial charge in [0.25, 0.3) is 0 Å². The van der Waals surface area contributed by atoms with E-state index in [9.17, 15) is 4.79 Å². The highest BCUT2D eigenvalue weighted by Gasteiger charge is 2.30. The van der Waals surface area contributed by atoms with Crippen LogP contribution in [0.25, 0.3) is 0 Å². The van der Waals surface area contributed by atoms with Gasteiger partial charge in [0.15, 0.2) is 0 Å². The van der Waals surface area contributed by atoms with Crippen LogP contribution in [0.1, 0.15) is 61.3 Å². The van der Waals surface area contributed by atoms with Gasteiger partial charge in [-0.05, 0) is 60.9 Å². The molecule has 0 unspecified atom stereocenters. The van der Waals surface area contributed by atoms with Crippen LogP contribution in [0.15, 0.2) is 0 Å². The van der Waals surface area contributed by atoms with Gasteiger partial charge in [-0.25, -0.2) is 4.79 Å². The van der Waals surface area contributed by atoms with Crippen molar-refractivity contribution >= 4 is 6.09 Å². The molecule has 0 aliphatic heterocycles. The fourth-order valence-electron chi connectivity index (χ4n) is 1.88. The molecule has 0 aromatic carbocycles. The molecule has 0 spiro atoms. The average molecular weight is 316 g/mol. The summed E-state index contributed by atoms with van der Waals surface area (Å²) in [6.45, 7) is 17.7. The van der Waals surface area contributed by atoms with Crippen molar-refractivity contribution in [3.8, 4) is 0 Å². The van der Waals surface area contributed by atoms with Gasteiger partial charge < -0.3 is 19.7 Å². The number of hydrogen-bond donors (Lipinski definition) is 1. The summed E-state index contributed by atoms with van der Waals surface area (Å²) in [5.74, 6) is 0. The second-order valence-corrected chi connectivity index (χ2v) is 7.52. The maximum absolute atomic E-state index is 12.3. The van der Waals surface area contributed by atoms with Crippen molar-refractivity contribution in [1.82, 2.24) is 10.2 Å². The number of carbonyl (C=O) groups excluding carboxylic acids is 1. The van der Waals surface area contributed by atoms with E-state index in [2.05, 4.69) is 12.2 Å². The molecule has 132 valence electrons. The van der Waals surface area contributed by atoms with Crippen molar-refractivity contribution in [3.63, 3.8) is 0 Å². The van der Waals surface area contributed by atoms with Gasteiger partial charge in [-0.2, -0.15) is 0 Å². The largest absolute Gasteiger partial charge is 0.444 e. The summed E-state index contributed by atoms with van der Waals surface area (Å²) in [5, 5.41) is 3.35. The van der Waals surface area contributed by atoms with E-state index in [1.54, 1.807) is 4.90 Å². The van der Waals surface area contributed by atoms with Crippen molar-refractivity contribution in [2.75, 3.05) is 32.8 Å². The minimum Gasteiger partial charge on any atom is -0.444 e. The van der Waals surface area contributed by atoms with Crippen molar-refractivity contribution in [2.24, 2.45) is 0 Å². The molecule has 0 aliphatic carbocycles. The predicted octanol–water partition coefficient (Wildman–Crippen LogP) is 3.43. The van der Waals surface area contributed by atoms with Gasteiger partial charge in [0.2, 0.25) is 0 Å². The van der Waals surface area contributed by atoms with E-state index >= 15 is 0 Å². The van der Waals surface area contributed by atoms with Crippen LogP contribution in [-0.2, 0) is 9.47 Å². The minimum absolute atomic E-state index is 0.256. The van der Waals surface area contributed by atoms with E-state index in [1.165, 1.54) is 0 Å². The third kappa shape index (κ3) is 10.9. The average Bonchev–Trinajstić information content (AvgIpc) is 2.33. The van der Waals surface area contributed by atoms with Gasteiger partial charge in [-0.1, -0.05) is 6.92 Å². The fourth-order valence-corrected chi connectivity index (χ4v) is 1.88. The first kappa shape index (κ1) is 21.2. The summed E-state index contributed by atoms with van der Waals surface area (Å²) >= 11 is 0. The van der Waals surface area contributed by atoms with Crippen LogP contribution in [0.4, 0.5) is 4.79 Å². The number of nitrogens with zero attached hydrogens (tertiary/aromatic N) is 1. The topological polar surface area (TPSA) is 50.8 Å². The zero-order valence-electron chi connectivity index (χ0n) is 15.6. The molecule has 0 aromatic heterocycles. The van der Waals surface area contributed by atoms with E-state index < -0.39 is 5.60 Å². The van der Waals surface area contributed by atoms with Gasteiger partial charge in [0.1, 0.15) is 5.60 Å². The first-order chi connectivity index (χ1) is 10.1. The van der Waals surface area contributed by atoms with Gasteiger partial charge in [-0.3, -0.25) is 0 Å². The van der Waals surface area contributed by atoms with Gasteiger partial charge >= 0.3 is 6.09 Å². The summed E-state index contributed by atoms with van der Waals surface area (Å²) in [6, 6.07) is 0. The van der Waals surface area contributed by atoms with Gasteiger partial charge in [0.05, 0.1) is 0 Å². The first-order valence-electron chi connectivity index (χ1n) is 8.37. The molecular formula is C17H36N2O3. The summed E-state index contributed by atoms with van der Waals surface area (Å²) < 4.78 is 10.9. The zero-order valence-corrected chi connectivity index (χ0v) is 15.6. The number of rotatable bonds is 9. The zero-order chi connectivity index (χ0) is 17.2. The second kappa shape index (κ2) is 10.1. The Hall–Kier alpha value is -0.810. The molecule has 5 nitrogen and oxygen atoms in total. The Bertz CT molecular complexity index is 306. The maximum Gasteiger partial charge on any atom is 0.410 e. The molecule has 0 heterocycles. The SMILES string of the molecule is CCCOCCCNCCN(C(=O)OC(C)(C)C)C(C)(C)C. The number of carbonyl (C=O) groups is 1. The van der Waals surface area contributed by atoms with Crippen molar-refractivity contribution in [2.45, 2.75) is 72.4 Å². The Kier molecular flexibility index (Phi) is 9.69. The van der Waals surface area contributed by atoms with Crippen LogP contribution >= 0.6 is 0 Å². The lowest BCUT2D eigenvalue weighted by atomic mass is 10.1. The Morgan fingerprint density at radius 1 is 1.05 bits per heavy atom. The summed E-state index contributed by atoms with van der Waals surface area (Å²) in [5.41, 5.74) is -0.723. The second-order valence-electron chi connectivity index (χ2n) is 7.52. The third-order valence-electron chi connectivity index (χ3n) is 2.93. The van der Waals surface area contributed by atoms with Crippen LogP contribution in [-0.4, -0.2) is 55.0 Å². The van der Waals surface area contributed by atoms with E-state index in [0.717, 1.165) is 39.1 Å². The quantitative estimate of drug-likeness (QED) is 0.662. The molecule has 0 aromatic rings. The number of ether oxygens (including phenoxy) is 2. The highest BCUT2D eigenvalue weighted by molar-refractivity contribution is 5.69. The molecule has 0 aliphatic rings. The highest BCUT2D eigenvalue weighted by atomic mass is 16.6. The van der Waals surface area contributed by atoms with E-state index in [0.29, 0.717) is 6.54 Å². The molecule has 1 amide bonds. The summed E-state index contributed by atoms with van der Waals surface area (Å²) in [4.78, 5) is 14.1. The molecule has 0 saturated heterocycles. The van der Waals surface area contributed by atoms with Gasteiger partial charge in [0, 0.05) is 31.8 Å². The molecule has 0 bridgehead atoms. The predicted molar refractivity (Wildman–Crippen MR) is 91.3 cm³/mol. The fraction of sp³-hybridized carbons (Fsp3) is 0.941. The third-order valence-corrected chi connectivity index (χ3v) is 2.93. The Morgan fingerprint density at radius 3 is 2.18 bits per heavy atom. The molecule has 0 atom stereocenters. The Labute approximate surface area is 136 Å². The smallest absolute Gasteiger partial charge is 0.410 e. The molecule has 0 fully saturated rings. The van der Waals surface area contributed by atoms with E-state index in [-0.39, 0.29) is 11.6 Å². The molecular weight excluding hydrogens is 280 g/mol. The molecule has 22 heavy (non-hydrogen) atoms. The van der Waals surface area contributed by atoms with Gasteiger partial charge in [-0.15, -0.1) is 0 Å². The molecule has 5 heteroatoms. The summed E-state index contributed by atoms with van der Waals surface area (Å²) in [6.07, 6.45) is 1.79. The minimum atomic E-state index is -0.468. The number of amides is 1. The standard InChI is InChI=1S/C17H36N2O3/c1-8-13-21-14-9-10-18-11-12-19(16(2,3)4)15(20)22-17(5,6)7/h18H,8-14H2,1-7H3. The monoisotopic (exact) mass is 316 g/mol. The highest BCUT2D eigenvalue weighted by Crippen LogP contribution is 2.17. The van der Waals surface area contributed by atoms with Crippen LogP contribution in [0, 0.1) is 0 Å². The van der Waals surface area contributed by atoms with Crippen molar-refractivity contribution < 1.29 is 14.3 Å². The van der Waals surface area contributed by atoms with Crippen molar-refractivity contribution in [3.05, 3.63) is 0 Å². The lowest BCUT2D eigenvalue weighted by molar-refractivity contribution is 0.00661. The molecule has 0 radical (unpaired) electrons. The van der Waals surface area contributed by atoms with Crippen LogP contribution in [0.2, 0.25) is 0 Å². The Morgan fingerprint density at radius 2 is 1.68 bits per heavy atom. The number of nitrogens with one attached hydrogen (secondary N) is 1. The molecule has 1 N–H and O–H groups in total. The first-order valence-corrected chi connectivity index (χ1v) is 8.37. The Balaban J connectivity index is 4.10. The molecule has 0 saturated carbocycles. The lowest BCUT2D eigenvalue weighted by Crippen LogP contribution is -2.50. The maximum atomic E-state index is 12.3. The van der Waals surface area contributed by atoms with E-state index in [4.69, 9.17) is 9.47 Å². The normalized spacial score (nSPS) is 12.3. The van der Waals surface area contributed by atoms with E-state index in [1.807, 2.05) is 41.5 Å². The summed E-state index contributed by atoms with van der Waals surface area (Å²) in [7, 11) is 0. The van der Waals surface area contributed by atoms with Crippen LogP contribution < -0.4 is 5.32 Å². The molecule has 0 rings (SSSR count). The number of hydrogen-bond acceptors (Lipinski definition) is 4. The van der Waals surface area contributed by atoms with Crippen molar-refractivity contribution in [1.29, 1.82) is 0 Å². The van der Waals surface area contributed by atoms with Crippen LogP contribution in [0.3, 0.4) is 0 Å². The van der Waals surface area contributed by atoms with Crippen LogP contribution in [0.5, 0.6) is 0 Å².